The monoisotopic (exact) mass is 412 g/mol. The summed E-state index contributed by atoms with van der Waals surface area (Å²) in [5.41, 5.74) is 3.76. The van der Waals surface area contributed by atoms with Gasteiger partial charge in [0.15, 0.2) is 0 Å². The third-order valence-corrected chi connectivity index (χ3v) is 5.18. The Balaban J connectivity index is 1.95. The van der Waals surface area contributed by atoms with E-state index in [9.17, 15) is 9.59 Å². The third-order valence-electron chi connectivity index (χ3n) is 5.18. The maximum absolute atomic E-state index is 13.4. The molecule has 3 aromatic carbocycles. The van der Waals surface area contributed by atoms with Crippen LogP contribution in [0.15, 0.2) is 96.7 Å². The molecule has 0 bridgehead atoms. The topological polar surface area (TPSA) is 49.9 Å². The minimum atomic E-state index is -0.553. The first-order valence-corrected chi connectivity index (χ1v) is 10.3. The van der Waals surface area contributed by atoms with Crippen molar-refractivity contribution in [3.05, 3.63) is 108 Å². The van der Waals surface area contributed by atoms with E-state index in [2.05, 4.69) is 0 Å². The molecule has 0 radical (unpaired) electrons. The molecule has 5 nitrogen and oxygen atoms in total. The molecule has 156 valence electrons. The van der Waals surface area contributed by atoms with Crippen molar-refractivity contribution in [2.75, 3.05) is 16.4 Å². The summed E-state index contributed by atoms with van der Waals surface area (Å²) in [5.74, 6) is -0.795. The largest absolute Gasteiger partial charge is 0.461 e. The SMILES string of the molecule is CCOC(=O)C1=CC(=O)N(c2ccccc2)C(c2ccc(C)cc2)N1c1ccccc1. The molecule has 1 atom stereocenters. The number of hydrogen-bond donors (Lipinski definition) is 0. The average Bonchev–Trinajstić information content (AvgIpc) is 2.80. The quantitative estimate of drug-likeness (QED) is 0.554. The zero-order valence-electron chi connectivity index (χ0n) is 17.6. The molecule has 0 saturated heterocycles. The van der Waals surface area contributed by atoms with E-state index in [-0.39, 0.29) is 18.2 Å². The summed E-state index contributed by atoms with van der Waals surface area (Å²) < 4.78 is 5.31. The van der Waals surface area contributed by atoms with Crippen molar-refractivity contribution in [3.8, 4) is 0 Å². The lowest BCUT2D eigenvalue weighted by Gasteiger charge is -2.44. The van der Waals surface area contributed by atoms with E-state index in [1.54, 1.807) is 11.8 Å². The van der Waals surface area contributed by atoms with Gasteiger partial charge in [0.25, 0.3) is 5.91 Å². The van der Waals surface area contributed by atoms with Crippen molar-refractivity contribution in [3.63, 3.8) is 0 Å². The highest BCUT2D eigenvalue weighted by Crippen LogP contribution is 2.40. The van der Waals surface area contributed by atoms with E-state index in [0.29, 0.717) is 0 Å². The molecule has 1 aliphatic rings. The van der Waals surface area contributed by atoms with Crippen molar-refractivity contribution in [2.24, 2.45) is 0 Å². The third kappa shape index (κ3) is 4.08. The number of nitrogens with zero attached hydrogens (tertiary/aromatic N) is 2. The van der Waals surface area contributed by atoms with Crippen molar-refractivity contribution in [1.82, 2.24) is 0 Å². The van der Waals surface area contributed by atoms with Crippen LogP contribution in [-0.4, -0.2) is 18.5 Å². The van der Waals surface area contributed by atoms with E-state index < -0.39 is 12.1 Å². The van der Waals surface area contributed by atoms with Crippen LogP contribution in [0.5, 0.6) is 0 Å². The molecule has 0 aromatic heterocycles. The molecule has 1 amide bonds. The summed E-state index contributed by atoms with van der Waals surface area (Å²) in [7, 11) is 0. The summed E-state index contributed by atoms with van der Waals surface area (Å²) in [6.45, 7) is 4.00. The number of para-hydroxylation sites is 2. The second kappa shape index (κ2) is 8.88. The summed E-state index contributed by atoms with van der Waals surface area (Å²) in [5, 5.41) is 0. The predicted molar refractivity (Wildman–Crippen MR) is 121 cm³/mol. The number of amides is 1. The van der Waals surface area contributed by atoms with Gasteiger partial charge in [-0.3, -0.25) is 9.69 Å². The molecule has 1 unspecified atom stereocenters. The van der Waals surface area contributed by atoms with Crippen molar-refractivity contribution in [1.29, 1.82) is 0 Å². The van der Waals surface area contributed by atoms with Gasteiger partial charge < -0.3 is 9.64 Å². The van der Waals surface area contributed by atoms with E-state index >= 15 is 0 Å². The van der Waals surface area contributed by atoms with Crippen molar-refractivity contribution in [2.45, 2.75) is 20.0 Å². The van der Waals surface area contributed by atoms with Gasteiger partial charge in [-0.15, -0.1) is 0 Å². The molecule has 0 saturated carbocycles. The van der Waals surface area contributed by atoms with Gasteiger partial charge in [0, 0.05) is 17.5 Å². The maximum atomic E-state index is 13.4. The van der Waals surface area contributed by atoms with Gasteiger partial charge >= 0.3 is 5.97 Å². The lowest BCUT2D eigenvalue weighted by Crippen LogP contribution is -2.50. The van der Waals surface area contributed by atoms with Crippen LogP contribution >= 0.6 is 0 Å². The molecule has 0 spiro atoms. The Morgan fingerprint density at radius 3 is 1.94 bits per heavy atom. The Morgan fingerprint density at radius 2 is 1.39 bits per heavy atom. The zero-order valence-corrected chi connectivity index (χ0v) is 17.6. The van der Waals surface area contributed by atoms with Gasteiger partial charge in [-0.1, -0.05) is 66.2 Å². The molecule has 5 heteroatoms. The molecular weight excluding hydrogens is 388 g/mol. The first-order chi connectivity index (χ1) is 15.1. The molecular formula is C26H24N2O3. The number of hydrogen-bond acceptors (Lipinski definition) is 4. The number of aryl methyl sites for hydroxylation is 1. The van der Waals surface area contributed by atoms with Crippen LogP contribution in [0.2, 0.25) is 0 Å². The number of ether oxygens (including phenoxy) is 1. The minimum absolute atomic E-state index is 0.218. The van der Waals surface area contributed by atoms with Gasteiger partial charge in [0.05, 0.1) is 6.61 Å². The Morgan fingerprint density at radius 1 is 0.839 bits per heavy atom. The fraction of sp³-hybridized carbons (Fsp3) is 0.154. The zero-order chi connectivity index (χ0) is 21.8. The van der Waals surface area contributed by atoms with Crippen LogP contribution in [0, 0.1) is 6.92 Å². The van der Waals surface area contributed by atoms with Crippen LogP contribution in [0.4, 0.5) is 11.4 Å². The predicted octanol–water partition coefficient (Wildman–Crippen LogP) is 4.99. The van der Waals surface area contributed by atoms with Gasteiger partial charge in [0.2, 0.25) is 0 Å². The Hall–Kier alpha value is -3.86. The summed E-state index contributed by atoms with van der Waals surface area (Å²) in [4.78, 5) is 29.8. The smallest absolute Gasteiger partial charge is 0.355 e. The highest BCUT2D eigenvalue weighted by molar-refractivity contribution is 6.10. The van der Waals surface area contributed by atoms with Crippen LogP contribution in [0.25, 0.3) is 0 Å². The normalized spacial score (nSPS) is 16.1. The van der Waals surface area contributed by atoms with Crippen LogP contribution in [0.1, 0.15) is 24.2 Å². The number of esters is 1. The highest BCUT2D eigenvalue weighted by Gasteiger charge is 2.40. The van der Waals surface area contributed by atoms with E-state index in [1.165, 1.54) is 6.08 Å². The summed E-state index contributed by atoms with van der Waals surface area (Å²) >= 11 is 0. The molecule has 31 heavy (non-hydrogen) atoms. The molecule has 1 heterocycles. The van der Waals surface area contributed by atoms with E-state index in [1.807, 2.05) is 96.8 Å². The van der Waals surface area contributed by atoms with Gasteiger partial charge in [-0.25, -0.2) is 4.79 Å². The molecule has 0 aliphatic carbocycles. The van der Waals surface area contributed by atoms with Crippen LogP contribution < -0.4 is 9.80 Å². The fourth-order valence-electron chi connectivity index (χ4n) is 3.75. The summed E-state index contributed by atoms with van der Waals surface area (Å²) in [6.07, 6.45) is 0.810. The lowest BCUT2D eigenvalue weighted by molar-refractivity contribution is -0.139. The van der Waals surface area contributed by atoms with Gasteiger partial charge in [0.1, 0.15) is 11.9 Å². The first kappa shape index (κ1) is 20.4. The van der Waals surface area contributed by atoms with Gasteiger partial charge in [-0.2, -0.15) is 0 Å². The number of anilines is 2. The fourth-order valence-corrected chi connectivity index (χ4v) is 3.75. The Bertz CT molecular complexity index is 1090. The number of rotatable bonds is 5. The lowest BCUT2D eigenvalue weighted by atomic mass is 10.0. The number of benzene rings is 3. The number of carbonyl (C=O) groups is 2. The second-order valence-electron chi connectivity index (χ2n) is 7.28. The maximum Gasteiger partial charge on any atom is 0.355 e. The van der Waals surface area contributed by atoms with Crippen LogP contribution in [-0.2, 0) is 14.3 Å². The molecule has 1 aliphatic heterocycles. The van der Waals surface area contributed by atoms with E-state index in [4.69, 9.17) is 4.74 Å². The Kier molecular flexibility index (Phi) is 5.85. The minimum Gasteiger partial charge on any atom is -0.461 e. The molecule has 4 rings (SSSR count). The summed E-state index contributed by atoms with van der Waals surface area (Å²) in [6, 6.07) is 27.1. The molecule has 0 N–H and O–H groups in total. The molecule has 3 aromatic rings. The number of carbonyl (C=O) groups excluding carboxylic acids is 2. The van der Waals surface area contributed by atoms with Crippen molar-refractivity contribution >= 4 is 23.3 Å². The van der Waals surface area contributed by atoms with Gasteiger partial charge in [-0.05, 0) is 43.7 Å². The average molecular weight is 412 g/mol. The first-order valence-electron chi connectivity index (χ1n) is 10.3. The standard InChI is InChI=1S/C26H24N2O3/c1-3-31-26(30)23-18-24(29)28(22-12-8-5-9-13-22)25(20-16-14-19(2)15-17-20)27(23)21-10-6-4-7-11-21/h4-18,25H,3H2,1-2H3. The molecule has 0 fully saturated rings. The van der Waals surface area contributed by atoms with Crippen molar-refractivity contribution < 1.29 is 14.3 Å². The highest BCUT2D eigenvalue weighted by atomic mass is 16.5. The van der Waals surface area contributed by atoms with Crippen LogP contribution in [0.3, 0.4) is 0 Å². The second-order valence-corrected chi connectivity index (χ2v) is 7.28. The van der Waals surface area contributed by atoms with E-state index in [0.717, 1.165) is 22.5 Å². The Labute approximate surface area is 182 Å².